The molecule has 0 radical (unpaired) electrons. The molecule has 2 heterocycles. The Kier molecular flexibility index (Phi) is 5.92. The molecule has 0 unspecified atom stereocenters. The third kappa shape index (κ3) is 4.33. The zero-order valence-electron chi connectivity index (χ0n) is 15.5. The first-order chi connectivity index (χ1) is 14.1. The monoisotopic (exact) mass is 430 g/mol. The second-order valence-electron chi connectivity index (χ2n) is 6.85. The summed E-state index contributed by atoms with van der Waals surface area (Å²) in [6, 6.07) is 9.26. The Labute approximate surface area is 176 Å². The number of amides is 2. The van der Waals surface area contributed by atoms with Gasteiger partial charge >= 0.3 is 0 Å². The van der Waals surface area contributed by atoms with Crippen LogP contribution in [0, 0.1) is 0 Å². The summed E-state index contributed by atoms with van der Waals surface area (Å²) >= 11 is 7.25. The van der Waals surface area contributed by atoms with E-state index in [0.29, 0.717) is 16.5 Å². The van der Waals surface area contributed by atoms with E-state index in [-0.39, 0.29) is 17.6 Å². The molecule has 0 saturated heterocycles. The van der Waals surface area contributed by atoms with Crippen molar-refractivity contribution in [3.63, 3.8) is 0 Å². The lowest BCUT2D eigenvalue weighted by molar-refractivity contribution is -0.123. The molecule has 4 rings (SSSR count). The summed E-state index contributed by atoms with van der Waals surface area (Å²) in [4.78, 5) is 28.1. The highest BCUT2D eigenvalue weighted by atomic mass is 35.5. The van der Waals surface area contributed by atoms with Gasteiger partial charge in [0.15, 0.2) is 11.7 Å². The van der Waals surface area contributed by atoms with Gasteiger partial charge in [-0.2, -0.15) is 0 Å². The Balaban J connectivity index is 1.77. The molecule has 1 aliphatic carbocycles. The summed E-state index contributed by atoms with van der Waals surface area (Å²) in [5, 5.41) is 8.97. The average Bonchev–Trinajstić information content (AvgIpc) is 3.49. The lowest BCUT2D eigenvalue weighted by Gasteiger charge is -2.30. The van der Waals surface area contributed by atoms with E-state index in [1.165, 1.54) is 11.2 Å². The highest BCUT2D eigenvalue weighted by molar-refractivity contribution is 7.03. The number of nitrogens with zero attached hydrogens (tertiary/aromatic N) is 3. The molecule has 1 aromatic carbocycles. The van der Waals surface area contributed by atoms with Crippen molar-refractivity contribution in [1.29, 1.82) is 0 Å². The van der Waals surface area contributed by atoms with Gasteiger partial charge in [0.2, 0.25) is 0 Å². The second-order valence-corrected chi connectivity index (χ2v) is 7.90. The summed E-state index contributed by atoms with van der Waals surface area (Å²) in [5.74, 6) is -0.399. The Morgan fingerprint density at radius 3 is 2.72 bits per heavy atom. The van der Waals surface area contributed by atoms with Crippen LogP contribution in [-0.4, -0.2) is 27.4 Å². The first kappa shape index (κ1) is 19.6. The van der Waals surface area contributed by atoms with Crippen molar-refractivity contribution in [2.24, 2.45) is 0 Å². The van der Waals surface area contributed by atoms with Crippen LogP contribution >= 0.6 is 23.1 Å². The molecule has 1 saturated carbocycles. The van der Waals surface area contributed by atoms with Crippen molar-refractivity contribution in [2.45, 2.75) is 37.8 Å². The molecule has 150 valence electrons. The van der Waals surface area contributed by atoms with Gasteiger partial charge in [-0.25, -0.2) is 0 Å². The molecule has 9 heteroatoms. The molecular formula is C20H19ClN4O3S. The van der Waals surface area contributed by atoms with Crippen molar-refractivity contribution in [2.75, 3.05) is 4.90 Å². The lowest BCUT2D eigenvalue weighted by Crippen LogP contribution is -2.46. The maximum atomic E-state index is 13.4. The van der Waals surface area contributed by atoms with Gasteiger partial charge in [-0.15, -0.1) is 5.10 Å². The number of rotatable bonds is 6. The number of aromatic nitrogens is 2. The number of nitrogens with one attached hydrogen (secondary N) is 1. The van der Waals surface area contributed by atoms with E-state index in [1.54, 1.807) is 41.8 Å². The van der Waals surface area contributed by atoms with E-state index in [0.717, 1.165) is 37.2 Å². The number of halogens is 1. The van der Waals surface area contributed by atoms with Crippen molar-refractivity contribution in [3.05, 3.63) is 64.5 Å². The molecule has 0 spiro atoms. The maximum Gasteiger partial charge on any atom is 0.280 e. The normalized spacial score (nSPS) is 15.2. The molecule has 0 aliphatic heterocycles. The van der Waals surface area contributed by atoms with E-state index in [1.807, 2.05) is 0 Å². The smallest absolute Gasteiger partial charge is 0.280 e. The molecule has 2 aromatic heterocycles. The lowest BCUT2D eigenvalue weighted by atomic mass is 10.1. The molecule has 1 atom stereocenters. The van der Waals surface area contributed by atoms with Gasteiger partial charge in [0.05, 0.1) is 6.26 Å². The number of anilines is 1. The molecule has 3 aromatic rings. The molecule has 29 heavy (non-hydrogen) atoms. The van der Waals surface area contributed by atoms with Crippen molar-refractivity contribution in [1.82, 2.24) is 14.9 Å². The van der Waals surface area contributed by atoms with Crippen LogP contribution in [0.1, 0.15) is 48.0 Å². The van der Waals surface area contributed by atoms with E-state index in [4.69, 9.17) is 16.0 Å². The zero-order valence-corrected chi connectivity index (χ0v) is 17.0. The molecule has 0 bridgehead atoms. The highest BCUT2D eigenvalue weighted by Gasteiger charge is 2.37. The third-order valence-electron chi connectivity index (χ3n) is 4.91. The largest absolute Gasteiger partial charge is 0.467 e. The second kappa shape index (κ2) is 8.75. The Morgan fingerprint density at radius 1 is 1.24 bits per heavy atom. The predicted molar refractivity (Wildman–Crippen MR) is 110 cm³/mol. The number of furan rings is 1. The predicted octanol–water partition coefficient (Wildman–Crippen LogP) is 4.23. The van der Waals surface area contributed by atoms with Gasteiger partial charge in [0.25, 0.3) is 11.8 Å². The summed E-state index contributed by atoms with van der Waals surface area (Å²) in [7, 11) is 0. The molecule has 1 aliphatic rings. The number of hydrogen-bond acceptors (Lipinski definition) is 6. The highest BCUT2D eigenvalue weighted by Crippen LogP contribution is 2.32. The van der Waals surface area contributed by atoms with E-state index in [9.17, 15) is 9.59 Å². The number of carbonyl (C=O) groups excluding carboxylic acids is 2. The van der Waals surface area contributed by atoms with Gasteiger partial charge in [0, 0.05) is 22.1 Å². The van der Waals surface area contributed by atoms with E-state index < -0.39 is 11.9 Å². The number of hydrogen-bond donors (Lipinski definition) is 1. The molecule has 1 fully saturated rings. The average molecular weight is 431 g/mol. The van der Waals surface area contributed by atoms with Crippen LogP contribution in [0.3, 0.4) is 0 Å². The molecular weight excluding hydrogens is 412 g/mol. The van der Waals surface area contributed by atoms with Crippen molar-refractivity contribution >= 4 is 40.6 Å². The fraction of sp³-hybridized carbons (Fsp3) is 0.300. The van der Waals surface area contributed by atoms with E-state index >= 15 is 0 Å². The van der Waals surface area contributed by atoms with Crippen LogP contribution < -0.4 is 10.2 Å². The quantitative estimate of drug-likeness (QED) is 0.632. The van der Waals surface area contributed by atoms with E-state index in [2.05, 4.69) is 14.9 Å². The SMILES string of the molecule is O=C(NC1CCCC1)[C@@H](c1ccco1)N(C(=O)c1csnn1)c1cccc(Cl)c1. The van der Waals surface area contributed by atoms with Crippen LogP contribution in [-0.2, 0) is 4.79 Å². The van der Waals surface area contributed by atoms with Gasteiger partial charge in [-0.05, 0) is 54.7 Å². The topological polar surface area (TPSA) is 88.3 Å². The van der Waals surface area contributed by atoms with Crippen molar-refractivity contribution in [3.8, 4) is 0 Å². The minimum absolute atomic E-state index is 0.0946. The third-order valence-corrected chi connectivity index (χ3v) is 5.64. The minimum Gasteiger partial charge on any atom is -0.467 e. The van der Waals surface area contributed by atoms with Gasteiger partial charge in [0.1, 0.15) is 5.76 Å². The maximum absolute atomic E-state index is 13.4. The first-order valence-electron chi connectivity index (χ1n) is 9.33. The molecule has 1 N–H and O–H groups in total. The summed E-state index contributed by atoms with van der Waals surface area (Å²) < 4.78 is 9.34. The Hall–Kier alpha value is -2.71. The zero-order chi connectivity index (χ0) is 20.2. The molecule has 2 amide bonds. The number of benzene rings is 1. The van der Waals surface area contributed by atoms with Crippen LogP contribution in [0.2, 0.25) is 5.02 Å². The summed E-state index contributed by atoms with van der Waals surface area (Å²) in [5.41, 5.74) is 0.624. The summed E-state index contributed by atoms with van der Waals surface area (Å²) in [6.07, 6.45) is 5.50. The minimum atomic E-state index is -1.00. The Bertz CT molecular complexity index is 972. The standard InChI is InChI=1S/C20H19ClN4O3S/c21-13-5-3-8-15(11-13)25(20(27)16-12-29-24-23-16)18(17-9-4-10-28-17)19(26)22-14-6-1-2-7-14/h3-5,8-12,14,18H,1-2,6-7H2,(H,22,26)/t18-/m1/s1. The fourth-order valence-corrected chi connectivity index (χ4v) is 4.18. The van der Waals surface area contributed by atoms with Crippen LogP contribution in [0.15, 0.2) is 52.5 Å². The first-order valence-corrected chi connectivity index (χ1v) is 10.5. The molecule has 7 nitrogen and oxygen atoms in total. The van der Waals surface area contributed by atoms with Crippen LogP contribution in [0.25, 0.3) is 0 Å². The van der Waals surface area contributed by atoms with Gasteiger partial charge in [-0.1, -0.05) is 35.0 Å². The van der Waals surface area contributed by atoms with Crippen LogP contribution in [0.5, 0.6) is 0 Å². The fourth-order valence-electron chi connectivity index (χ4n) is 3.56. The Morgan fingerprint density at radius 2 is 2.07 bits per heavy atom. The van der Waals surface area contributed by atoms with Crippen LogP contribution in [0.4, 0.5) is 5.69 Å². The number of carbonyl (C=O) groups is 2. The summed E-state index contributed by atoms with van der Waals surface area (Å²) in [6.45, 7) is 0. The van der Waals surface area contributed by atoms with Gasteiger partial charge in [-0.3, -0.25) is 14.5 Å². The van der Waals surface area contributed by atoms with Gasteiger partial charge < -0.3 is 9.73 Å². The van der Waals surface area contributed by atoms with Crippen molar-refractivity contribution < 1.29 is 14.0 Å².